The number of benzene rings is 1. The second kappa shape index (κ2) is 8.67. The van der Waals surface area contributed by atoms with Gasteiger partial charge in [-0.05, 0) is 49.6 Å². The summed E-state index contributed by atoms with van der Waals surface area (Å²) in [4.78, 5) is 17.8. The lowest BCUT2D eigenvalue weighted by atomic mass is 10.2. The molecule has 2 amide bonds. The van der Waals surface area contributed by atoms with E-state index in [2.05, 4.69) is 15.6 Å². The molecule has 0 aliphatic rings. The number of pyridine rings is 1. The highest BCUT2D eigenvalue weighted by Gasteiger charge is 2.10. The number of hydrogen-bond acceptors (Lipinski definition) is 3. The average molecular weight is 365 g/mol. The molecule has 7 heteroatoms. The van der Waals surface area contributed by atoms with Gasteiger partial charge in [-0.15, -0.1) is 0 Å². The number of urea groups is 1. The van der Waals surface area contributed by atoms with E-state index < -0.39 is 0 Å². The molecule has 0 unspecified atom stereocenters. The minimum absolute atomic E-state index is 0.232. The van der Waals surface area contributed by atoms with Crippen molar-refractivity contribution >= 4 is 29.0 Å². The third kappa shape index (κ3) is 5.32. The summed E-state index contributed by atoms with van der Waals surface area (Å²) in [5, 5.41) is 6.61. The van der Waals surface area contributed by atoms with E-state index in [1.54, 1.807) is 43.4 Å². The second-order valence-electron chi connectivity index (χ2n) is 5.91. The molecule has 2 N–H and O–H groups in total. The van der Waals surface area contributed by atoms with Gasteiger partial charge in [0.25, 0.3) is 0 Å². The van der Waals surface area contributed by atoms with Crippen LogP contribution >= 0.6 is 11.6 Å². The Morgan fingerprint density at radius 2 is 2.04 bits per heavy atom. The fourth-order valence-corrected chi connectivity index (χ4v) is 2.60. The number of nitrogens with zero attached hydrogens (tertiary/aromatic N) is 2. The predicted octanol–water partition coefficient (Wildman–Crippen LogP) is 4.46. The molecule has 1 heterocycles. The number of aryl methyl sites for hydroxylation is 2. The topological polar surface area (TPSA) is 57.3 Å². The Balaban J connectivity index is 1.78. The Labute approximate surface area is 152 Å². The minimum atomic E-state index is -0.289. The molecule has 2 aromatic rings. The molecule has 0 aliphatic heterocycles. The van der Waals surface area contributed by atoms with Gasteiger partial charge in [0.05, 0.1) is 10.7 Å². The molecule has 0 radical (unpaired) electrons. The van der Waals surface area contributed by atoms with Crippen molar-refractivity contribution in [1.29, 1.82) is 0 Å². The molecular formula is C18H22ClFN4O. The largest absolute Gasteiger partial charge is 0.383 e. The first-order valence-electron chi connectivity index (χ1n) is 8.00. The molecule has 0 saturated carbocycles. The van der Waals surface area contributed by atoms with Gasteiger partial charge in [0, 0.05) is 38.2 Å². The van der Waals surface area contributed by atoms with Crippen LogP contribution in [-0.2, 0) is 0 Å². The van der Waals surface area contributed by atoms with Gasteiger partial charge < -0.3 is 15.5 Å². The molecule has 1 aromatic heterocycles. The lowest BCUT2D eigenvalue weighted by Gasteiger charge is -2.19. The van der Waals surface area contributed by atoms with E-state index >= 15 is 0 Å². The smallest absolute Gasteiger partial charge is 0.321 e. The summed E-state index contributed by atoms with van der Waals surface area (Å²) in [7, 11) is 1.72. The summed E-state index contributed by atoms with van der Waals surface area (Å²) < 4.78 is 13.3. The quantitative estimate of drug-likeness (QED) is 0.744. The zero-order valence-corrected chi connectivity index (χ0v) is 15.3. The number of hydrogen-bond donors (Lipinski definition) is 2. The molecule has 0 atom stereocenters. The monoisotopic (exact) mass is 364 g/mol. The molecule has 0 spiro atoms. The first-order valence-corrected chi connectivity index (χ1v) is 8.38. The maximum Gasteiger partial charge on any atom is 0.321 e. The minimum Gasteiger partial charge on any atom is -0.383 e. The van der Waals surface area contributed by atoms with Gasteiger partial charge in [-0.3, -0.25) is 4.98 Å². The second-order valence-corrected chi connectivity index (χ2v) is 6.32. The fourth-order valence-electron chi connectivity index (χ4n) is 2.33. The van der Waals surface area contributed by atoms with Crippen LogP contribution in [-0.4, -0.2) is 36.1 Å². The van der Waals surface area contributed by atoms with Crippen molar-refractivity contribution in [2.75, 3.05) is 30.8 Å². The van der Waals surface area contributed by atoms with Crippen LogP contribution in [0.15, 0.2) is 30.6 Å². The van der Waals surface area contributed by atoms with Crippen LogP contribution < -0.4 is 10.6 Å². The summed E-state index contributed by atoms with van der Waals surface area (Å²) in [6.45, 7) is 4.84. The van der Waals surface area contributed by atoms with Crippen molar-refractivity contribution in [3.8, 4) is 0 Å². The number of carbonyl (C=O) groups excluding carboxylic acids is 1. The Kier molecular flexibility index (Phi) is 6.58. The van der Waals surface area contributed by atoms with E-state index in [0.717, 1.165) is 17.7 Å². The Bertz CT molecular complexity index is 734. The third-order valence-corrected chi connectivity index (χ3v) is 4.10. The number of anilines is 2. The first kappa shape index (κ1) is 19.0. The van der Waals surface area contributed by atoms with Gasteiger partial charge >= 0.3 is 6.03 Å². The van der Waals surface area contributed by atoms with Crippen LogP contribution in [0.5, 0.6) is 0 Å². The standard InChI is InChI=1S/C18H22ClFN4O/c1-12-9-14(5-6-16(12)20)23-18(25)24(3)8-4-7-22-17-13(2)10-21-11-15(17)19/h5-6,9-11H,4,7-8H2,1-3H3,(H,21,22)(H,23,25). The number of aromatic nitrogens is 1. The molecule has 25 heavy (non-hydrogen) atoms. The lowest BCUT2D eigenvalue weighted by Crippen LogP contribution is -2.33. The maximum absolute atomic E-state index is 13.3. The summed E-state index contributed by atoms with van der Waals surface area (Å²) in [5.74, 6) is -0.289. The zero-order valence-electron chi connectivity index (χ0n) is 14.6. The predicted molar refractivity (Wildman–Crippen MR) is 99.9 cm³/mol. The molecule has 0 bridgehead atoms. The Morgan fingerprint density at radius 1 is 1.28 bits per heavy atom. The van der Waals surface area contributed by atoms with Crippen LogP contribution in [0.2, 0.25) is 5.02 Å². The highest BCUT2D eigenvalue weighted by atomic mass is 35.5. The number of carbonyl (C=O) groups is 1. The van der Waals surface area contributed by atoms with E-state index in [-0.39, 0.29) is 11.8 Å². The van der Waals surface area contributed by atoms with Crippen LogP contribution in [0.1, 0.15) is 17.5 Å². The molecule has 1 aromatic carbocycles. The van der Waals surface area contributed by atoms with Crippen molar-refractivity contribution in [3.05, 3.63) is 52.6 Å². The Hall–Kier alpha value is -2.34. The zero-order chi connectivity index (χ0) is 18.4. The van der Waals surface area contributed by atoms with E-state index in [0.29, 0.717) is 29.4 Å². The molecular weight excluding hydrogens is 343 g/mol. The first-order chi connectivity index (χ1) is 11.9. The van der Waals surface area contributed by atoms with Gasteiger partial charge in [0.1, 0.15) is 5.82 Å². The number of nitrogens with one attached hydrogen (secondary N) is 2. The molecule has 5 nitrogen and oxygen atoms in total. The number of halogens is 2. The normalized spacial score (nSPS) is 10.4. The number of amides is 2. The summed E-state index contributed by atoms with van der Waals surface area (Å²) >= 11 is 6.11. The SMILES string of the molecule is Cc1cc(NC(=O)N(C)CCCNc2c(C)cncc2Cl)ccc1F. The van der Waals surface area contributed by atoms with Gasteiger partial charge in [0.15, 0.2) is 0 Å². The number of rotatable bonds is 6. The Morgan fingerprint density at radius 3 is 2.72 bits per heavy atom. The van der Waals surface area contributed by atoms with Crippen LogP contribution in [0.3, 0.4) is 0 Å². The van der Waals surface area contributed by atoms with Gasteiger partial charge in [-0.1, -0.05) is 11.6 Å². The van der Waals surface area contributed by atoms with Gasteiger partial charge in [-0.25, -0.2) is 9.18 Å². The van der Waals surface area contributed by atoms with Crippen LogP contribution in [0.25, 0.3) is 0 Å². The van der Waals surface area contributed by atoms with E-state index in [9.17, 15) is 9.18 Å². The van der Waals surface area contributed by atoms with E-state index in [4.69, 9.17) is 11.6 Å². The highest BCUT2D eigenvalue weighted by molar-refractivity contribution is 6.33. The van der Waals surface area contributed by atoms with Gasteiger partial charge in [-0.2, -0.15) is 0 Å². The van der Waals surface area contributed by atoms with Crippen molar-refractivity contribution in [2.45, 2.75) is 20.3 Å². The molecule has 0 fully saturated rings. The fraction of sp³-hybridized carbons (Fsp3) is 0.333. The van der Waals surface area contributed by atoms with Gasteiger partial charge in [0.2, 0.25) is 0 Å². The van der Waals surface area contributed by atoms with Crippen molar-refractivity contribution in [1.82, 2.24) is 9.88 Å². The summed E-state index contributed by atoms with van der Waals surface area (Å²) in [5.41, 5.74) is 2.91. The highest BCUT2D eigenvalue weighted by Crippen LogP contribution is 2.23. The average Bonchev–Trinajstić information content (AvgIpc) is 2.56. The van der Waals surface area contributed by atoms with Crippen LogP contribution in [0.4, 0.5) is 20.6 Å². The van der Waals surface area contributed by atoms with E-state index in [1.807, 2.05) is 6.92 Å². The lowest BCUT2D eigenvalue weighted by molar-refractivity contribution is 0.222. The molecule has 134 valence electrons. The summed E-state index contributed by atoms with van der Waals surface area (Å²) in [6, 6.07) is 4.26. The van der Waals surface area contributed by atoms with Crippen molar-refractivity contribution in [2.24, 2.45) is 0 Å². The third-order valence-electron chi connectivity index (χ3n) is 3.82. The van der Waals surface area contributed by atoms with Crippen molar-refractivity contribution < 1.29 is 9.18 Å². The van der Waals surface area contributed by atoms with E-state index in [1.165, 1.54) is 6.07 Å². The molecule has 2 rings (SSSR count). The summed E-state index contributed by atoms with van der Waals surface area (Å²) in [6.07, 6.45) is 4.10. The molecule has 0 aliphatic carbocycles. The maximum atomic E-state index is 13.3. The van der Waals surface area contributed by atoms with Crippen molar-refractivity contribution in [3.63, 3.8) is 0 Å². The van der Waals surface area contributed by atoms with Crippen LogP contribution in [0, 0.1) is 19.7 Å². The molecule has 0 saturated heterocycles.